The Bertz CT molecular complexity index is 477. The third-order valence-electron chi connectivity index (χ3n) is 3.51. The number of hydrogen-bond donors (Lipinski definition) is 2. The molecule has 0 radical (unpaired) electrons. The first-order valence-electron chi connectivity index (χ1n) is 6.93. The van der Waals surface area contributed by atoms with E-state index in [4.69, 9.17) is 5.73 Å². The van der Waals surface area contributed by atoms with Gasteiger partial charge in [-0.1, -0.05) is 13.8 Å². The van der Waals surface area contributed by atoms with E-state index >= 15 is 0 Å². The van der Waals surface area contributed by atoms with Crippen LogP contribution in [0.1, 0.15) is 37.0 Å². The molecule has 1 amide bonds. The molecule has 0 unspecified atom stereocenters. The van der Waals surface area contributed by atoms with Gasteiger partial charge in [0.15, 0.2) is 6.61 Å². The van der Waals surface area contributed by atoms with E-state index in [-0.39, 0.29) is 17.4 Å². The molecule has 8 heteroatoms. The van der Waals surface area contributed by atoms with Crippen molar-refractivity contribution in [1.29, 1.82) is 0 Å². The fourth-order valence-corrected chi connectivity index (χ4v) is 1.84. The average molecular weight is 319 g/mol. The number of nitrogens with one attached hydrogen (secondary N) is 1. The molecule has 1 rings (SSSR count). The summed E-state index contributed by atoms with van der Waals surface area (Å²) in [6, 6.07) is 2.59. The van der Waals surface area contributed by atoms with Gasteiger partial charge < -0.3 is 15.8 Å². The summed E-state index contributed by atoms with van der Waals surface area (Å²) >= 11 is 0. The Morgan fingerprint density at radius 2 is 1.95 bits per heavy atom. The van der Waals surface area contributed by atoms with Gasteiger partial charge in [-0.3, -0.25) is 4.79 Å². The standard InChI is InChI=1S/C14H20F3N3O2/c1-3-13(4-2,8-18)20-12(21)10-5-6-11(19-7-10)22-9-14(15,16)17/h5-7H,3-4,8-9,18H2,1-2H3,(H,20,21). The number of ether oxygens (including phenoxy) is 1. The number of halogens is 3. The van der Waals surface area contributed by atoms with Gasteiger partial charge in [0, 0.05) is 18.8 Å². The number of pyridine rings is 1. The topological polar surface area (TPSA) is 77.2 Å². The molecule has 1 aromatic rings. The first-order valence-corrected chi connectivity index (χ1v) is 6.93. The third kappa shape index (κ3) is 5.18. The maximum absolute atomic E-state index is 12.1. The lowest BCUT2D eigenvalue weighted by Crippen LogP contribution is -2.52. The van der Waals surface area contributed by atoms with Crippen LogP contribution in [0.4, 0.5) is 13.2 Å². The quantitative estimate of drug-likeness (QED) is 0.808. The fourth-order valence-electron chi connectivity index (χ4n) is 1.84. The van der Waals surface area contributed by atoms with E-state index in [1.807, 2.05) is 13.8 Å². The van der Waals surface area contributed by atoms with Gasteiger partial charge in [-0.25, -0.2) is 4.98 Å². The van der Waals surface area contributed by atoms with Gasteiger partial charge in [-0.15, -0.1) is 0 Å². The molecule has 1 aromatic heterocycles. The predicted molar refractivity (Wildman–Crippen MR) is 75.6 cm³/mol. The smallest absolute Gasteiger partial charge is 0.422 e. The van der Waals surface area contributed by atoms with Crippen molar-refractivity contribution in [1.82, 2.24) is 10.3 Å². The number of carbonyl (C=O) groups excluding carboxylic acids is 1. The molecule has 124 valence electrons. The molecule has 0 bridgehead atoms. The number of nitrogens with zero attached hydrogens (tertiary/aromatic N) is 1. The van der Waals surface area contributed by atoms with Gasteiger partial charge in [-0.2, -0.15) is 13.2 Å². The van der Waals surface area contributed by atoms with Gasteiger partial charge in [0.05, 0.1) is 11.1 Å². The number of hydrogen-bond acceptors (Lipinski definition) is 4. The first kappa shape index (κ1) is 18.2. The summed E-state index contributed by atoms with van der Waals surface area (Å²) in [5.41, 5.74) is 5.44. The van der Waals surface area contributed by atoms with E-state index in [2.05, 4.69) is 15.0 Å². The van der Waals surface area contributed by atoms with Crippen molar-refractivity contribution in [3.63, 3.8) is 0 Å². The van der Waals surface area contributed by atoms with Gasteiger partial charge in [0.25, 0.3) is 5.91 Å². The van der Waals surface area contributed by atoms with Crippen molar-refractivity contribution in [2.24, 2.45) is 5.73 Å². The van der Waals surface area contributed by atoms with Crippen LogP contribution in [0.5, 0.6) is 5.88 Å². The number of nitrogens with two attached hydrogens (primary N) is 1. The highest BCUT2D eigenvalue weighted by molar-refractivity contribution is 5.94. The van der Waals surface area contributed by atoms with Crippen molar-refractivity contribution in [2.45, 2.75) is 38.4 Å². The largest absolute Gasteiger partial charge is 0.468 e. The zero-order valence-corrected chi connectivity index (χ0v) is 12.5. The van der Waals surface area contributed by atoms with Crippen molar-refractivity contribution in [3.8, 4) is 5.88 Å². The second kappa shape index (κ2) is 7.44. The lowest BCUT2D eigenvalue weighted by molar-refractivity contribution is -0.154. The average Bonchev–Trinajstić information content (AvgIpc) is 2.50. The number of amides is 1. The molecule has 0 atom stereocenters. The van der Waals surface area contributed by atoms with Gasteiger partial charge in [0.1, 0.15) is 0 Å². The first-order chi connectivity index (χ1) is 10.2. The van der Waals surface area contributed by atoms with Crippen molar-refractivity contribution >= 4 is 5.91 Å². The normalized spacial score (nSPS) is 12.1. The molecule has 1 heterocycles. The monoisotopic (exact) mass is 319 g/mol. The van der Waals surface area contributed by atoms with Crippen molar-refractivity contribution in [3.05, 3.63) is 23.9 Å². The van der Waals surface area contributed by atoms with Crippen LogP contribution >= 0.6 is 0 Å². The molecule has 3 N–H and O–H groups in total. The zero-order valence-electron chi connectivity index (χ0n) is 12.5. The summed E-state index contributed by atoms with van der Waals surface area (Å²) in [7, 11) is 0. The summed E-state index contributed by atoms with van der Waals surface area (Å²) in [5.74, 6) is -0.561. The molecule has 0 aromatic carbocycles. The maximum Gasteiger partial charge on any atom is 0.422 e. The Hall–Kier alpha value is -1.83. The van der Waals surface area contributed by atoms with E-state index in [9.17, 15) is 18.0 Å². The van der Waals surface area contributed by atoms with Gasteiger partial charge in [-0.05, 0) is 18.9 Å². The fraction of sp³-hybridized carbons (Fsp3) is 0.571. The third-order valence-corrected chi connectivity index (χ3v) is 3.51. The van der Waals surface area contributed by atoms with E-state index in [1.165, 1.54) is 18.3 Å². The molecular weight excluding hydrogens is 299 g/mol. The molecule has 0 saturated heterocycles. The molecular formula is C14H20F3N3O2. The summed E-state index contributed by atoms with van der Waals surface area (Å²) < 4.78 is 40.6. The van der Waals surface area contributed by atoms with E-state index in [0.29, 0.717) is 19.4 Å². The number of carbonyl (C=O) groups is 1. The van der Waals surface area contributed by atoms with Crippen LogP contribution in [-0.4, -0.2) is 35.8 Å². The molecule has 0 fully saturated rings. The molecule has 0 aliphatic heterocycles. The van der Waals surface area contributed by atoms with Crippen molar-refractivity contribution < 1.29 is 22.7 Å². The summed E-state index contributed by atoms with van der Waals surface area (Å²) in [6.45, 7) is 2.71. The molecule has 0 saturated carbocycles. The minimum atomic E-state index is -4.43. The zero-order chi connectivity index (χ0) is 16.8. The van der Waals surface area contributed by atoms with Crippen LogP contribution in [0, 0.1) is 0 Å². The second-order valence-electron chi connectivity index (χ2n) is 4.93. The van der Waals surface area contributed by atoms with Crippen LogP contribution in [-0.2, 0) is 0 Å². The predicted octanol–water partition coefficient (Wildman–Crippen LogP) is 2.27. The SMILES string of the molecule is CCC(CC)(CN)NC(=O)c1ccc(OCC(F)(F)F)nc1. The highest BCUT2D eigenvalue weighted by Gasteiger charge is 2.29. The number of aromatic nitrogens is 1. The summed E-state index contributed by atoms with van der Waals surface area (Å²) in [6.07, 6.45) is -1.91. The molecule has 5 nitrogen and oxygen atoms in total. The van der Waals surface area contributed by atoms with Crippen molar-refractivity contribution in [2.75, 3.05) is 13.2 Å². The van der Waals surface area contributed by atoms with E-state index in [1.54, 1.807) is 0 Å². The summed E-state index contributed by atoms with van der Waals surface area (Å²) in [4.78, 5) is 15.8. The number of alkyl halides is 3. The molecule has 0 aliphatic rings. The van der Waals surface area contributed by atoms with Crippen LogP contribution in [0.25, 0.3) is 0 Å². The highest BCUT2D eigenvalue weighted by atomic mass is 19.4. The Morgan fingerprint density at radius 3 is 2.36 bits per heavy atom. The molecule has 0 spiro atoms. The lowest BCUT2D eigenvalue weighted by Gasteiger charge is -2.31. The Labute approximate surface area is 127 Å². The van der Waals surface area contributed by atoms with Crippen LogP contribution in [0.2, 0.25) is 0 Å². The van der Waals surface area contributed by atoms with E-state index < -0.39 is 18.3 Å². The van der Waals surface area contributed by atoms with Gasteiger partial charge >= 0.3 is 6.18 Å². The van der Waals surface area contributed by atoms with Gasteiger partial charge in [0.2, 0.25) is 5.88 Å². The molecule has 0 aliphatic carbocycles. The highest BCUT2D eigenvalue weighted by Crippen LogP contribution is 2.18. The van der Waals surface area contributed by atoms with Crippen LogP contribution in [0.15, 0.2) is 18.3 Å². The maximum atomic E-state index is 12.1. The Kier molecular flexibility index (Phi) is 6.16. The minimum absolute atomic E-state index is 0.190. The van der Waals surface area contributed by atoms with E-state index in [0.717, 1.165) is 0 Å². The van der Waals surface area contributed by atoms with Crippen LogP contribution in [0.3, 0.4) is 0 Å². The Morgan fingerprint density at radius 1 is 1.32 bits per heavy atom. The summed E-state index contributed by atoms with van der Waals surface area (Å²) in [5, 5.41) is 2.85. The lowest BCUT2D eigenvalue weighted by atomic mass is 9.92. The van der Waals surface area contributed by atoms with Crippen LogP contribution < -0.4 is 15.8 Å². The Balaban J connectivity index is 2.72. The molecule has 22 heavy (non-hydrogen) atoms. The minimum Gasteiger partial charge on any atom is -0.468 e. The second-order valence-corrected chi connectivity index (χ2v) is 4.93. The number of rotatable bonds is 7.